The molecular weight excluding hydrogens is 296 g/mol. The van der Waals surface area contributed by atoms with Gasteiger partial charge in [-0.1, -0.05) is 18.7 Å². The molecule has 0 fully saturated rings. The Bertz CT molecular complexity index is 728. The standard InChI is InChI=1S/C17H18N2O4/c1-11(13-9-8-12(22-2)10-16(13)23-3)18-19-17(21)14-6-4-5-7-15(14)20/h4-10,18,20H,1H2,2-3H3,(H,19,21). The van der Waals surface area contributed by atoms with Crippen molar-refractivity contribution >= 4 is 11.6 Å². The zero-order chi connectivity index (χ0) is 16.8. The number of methoxy groups -OCH3 is 2. The van der Waals surface area contributed by atoms with Crippen LogP contribution in [0.2, 0.25) is 0 Å². The number of hydrogen-bond donors (Lipinski definition) is 3. The highest BCUT2D eigenvalue weighted by Gasteiger charge is 2.12. The van der Waals surface area contributed by atoms with Crippen LogP contribution in [0.25, 0.3) is 5.70 Å². The molecule has 0 radical (unpaired) electrons. The summed E-state index contributed by atoms with van der Waals surface area (Å²) >= 11 is 0. The first-order valence-corrected chi connectivity index (χ1v) is 6.82. The second-order valence-electron chi connectivity index (χ2n) is 4.64. The van der Waals surface area contributed by atoms with Crippen molar-refractivity contribution in [1.29, 1.82) is 0 Å². The Labute approximate surface area is 134 Å². The van der Waals surface area contributed by atoms with E-state index < -0.39 is 5.91 Å². The summed E-state index contributed by atoms with van der Waals surface area (Å²) in [5.41, 5.74) is 6.47. The van der Waals surface area contributed by atoms with Gasteiger partial charge in [0.2, 0.25) is 0 Å². The van der Waals surface area contributed by atoms with E-state index in [0.29, 0.717) is 22.8 Å². The van der Waals surface area contributed by atoms with Gasteiger partial charge in [-0.15, -0.1) is 0 Å². The second kappa shape index (κ2) is 7.22. The van der Waals surface area contributed by atoms with Crippen LogP contribution in [0, 0.1) is 0 Å². The number of ether oxygens (including phenoxy) is 2. The van der Waals surface area contributed by atoms with Gasteiger partial charge in [0.15, 0.2) is 0 Å². The molecule has 2 aromatic rings. The van der Waals surface area contributed by atoms with Gasteiger partial charge in [0, 0.05) is 11.6 Å². The molecule has 0 aromatic heterocycles. The van der Waals surface area contributed by atoms with E-state index in [9.17, 15) is 9.90 Å². The number of phenolic OH excluding ortho intramolecular Hbond substituents is 1. The molecule has 0 bridgehead atoms. The molecule has 1 amide bonds. The normalized spacial score (nSPS) is 9.83. The van der Waals surface area contributed by atoms with Gasteiger partial charge in [0.05, 0.1) is 25.5 Å². The molecule has 2 aromatic carbocycles. The topological polar surface area (TPSA) is 79.8 Å². The molecule has 6 heteroatoms. The summed E-state index contributed by atoms with van der Waals surface area (Å²) in [5.74, 6) is 0.631. The number of carbonyl (C=O) groups is 1. The van der Waals surface area contributed by atoms with E-state index in [1.54, 1.807) is 37.4 Å². The van der Waals surface area contributed by atoms with Crippen molar-refractivity contribution in [3.8, 4) is 17.2 Å². The molecule has 2 rings (SSSR count). The molecule has 120 valence electrons. The maximum atomic E-state index is 12.0. The number of phenols is 1. The number of para-hydroxylation sites is 1. The van der Waals surface area contributed by atoms with Gasteiger partial charge in [0.25, 0.3) is 5.91 Å². The van der Waals surface area contributed by atoms with E-state index in [4.69, 9.17) is 9.47 Å². The fraction of sp³-hybridized carbons (Fsp3) is 0.118. The molecule has 0 heterocycles. The van der Waals surface area contributed by atoms with Crippen LogP contribution in [-0.4, -0.2) is 25.2 Å². The summed E-state index contributed by atoms with van der Waals surface area (Å²) in [6.45, 7) is 3.87. The average molecular weight is 314 g/mol. The highest BCUT2D eigenvalue weighted by molar-refractivity contribution is 5.96. The lowest BCUT2D eigenvalue weighted by Crippen LogP contribution is -2.35. The molecule has 0 saturated heterocycles. The number of hydrogen-bond acceptors (Lipinski definition) is 5. The Morgan fingerprint density at radius 3 is 2.43 bits per heavy atom. The highest BCUT2D eigenvalue weighted by Crippen LogP contribution is 2.28. The predicted octanol–water partition coefficient (Wildman–Crippen LogP) is 2.31. The SMILES string of the molecule is C=C(NNC(=O)c1ccccc1O)c1ccc(OC)cc1OC. The number of carbonyl (C=O) groups excluding carboxylic acids is 1. The zero-order valence-corrected chi connectivity index (χ0v) is 12.9. The summed E-state index contributed by atoms with van der Waals surface area (Å²) in [6.07, 6.45) is 0. The molecule has 0 unspecified atom stereocenters. The summed E-state index contributed by atoms with van der Waals surface area (Å²) in [7, 11) is 3.10. The van der Waals surface area contributed by atoms with E-state index in [2.05, 4.69) is 17.4 Å². The molecule has 0 saturated carbocycles. The summed E-state index contributed by atoms with van der Waals surface area (Å²) in [4.78, 5) is 12.0. The minimum absolute atomic E-state index is 0.0977. The molecule has 0 atom stereocenters. The summed E-state index contributed by atoms with van der Waals surface area (Å²) in [5, 5.41) is 9.66. The Morgan fingerprint density at radius 1 is 1.04 bits per heavy atom. The van der Waals surface area contributed by atoms with Crippen LogP contribution >= 0.6 is 0 Å². The van der Waals surface area contributed by atoms with Crippen LogP contribution in [0.3, 0.4) is 0 Å². The molecule has 0 aliphatic heterocycles. The third-order valence-corrected chi connectivity index (χ3v) is 3.21. The van der Waals surface area contributed by atoms with Gasteiger partial charge in [-0.05, 0) is 24.3 Å². The van der Waals surface area contributed by atoms with Crippen molar-refractivity contribution in [2.45, 2.75) is 0 Å². The quantitative estimate of drug-likeness (QED) is 0.713. The highest BCUT2D eigenvalue weighted by atomic mass is 16.5. The first-order valence-electron chi connectivity index (χ1n) is 6.82. The fourth-order valence-electron chi connectivity index (χ4n) is 1.98. The zero-order valence-electron chi connectivity index (χ0n) is 12.9. The molecule has 3 N–H and O–H groups in total. The lowest BCUT2D eigenvalue weighted by atomic mass is 10.1. The summed E-state index contributed by atoms with van der Waals surface area (Å²) < 4.78 is 10.4. The molecule has 6 nitrogen and oxygen atoms in total. The number of aromatic hydroxyl groups is 1. The second-order valence-corrected chi connectivity index (χ2v) is 4.64. The fourth-order valence-corrected chi connectivity index (χ4v) is 1.98. The van der Waals surface area contributed by atoms with Crippen LogP contribution in [0.15, 0.2) is 49.0 Å². The van der Waals surface area contributed by atoms with Crippen molar-refractivity contribution in [1.82, 2.24) is 10.9 Å². The molecule has 0 aliphatic carbocycles. The monoisotopic (exact) mass is 314 g/mol. The van der Waals surface area contributed by atoms with E-state index >= 15 is 0 Å². The summed E-state index contributed by atoms with van der Waals surface area (Å²) in [6, 6.07) is 11.5. The third-order valence-electron chi connectivity index (χ3n) is 3.21. The Balaban J connectivity index is 2.08. The predicted molar refractivity (Wildman–Crippen MR) is 87.3 cm³/mol. The van der Waals surface area contributed by atoms with E-state index in [1.807, 2.05) is 0 Å². The van der Waals surface area contributed by atoms with Gasteiger partial charge in [-0.25, -0.2) is 0 Å². The number of benzene rings is 2. The van der Waals surface area contributed by atoms with Crippen molar-refractivity contribution in [2.24, 2.45) is 0 Å². The maximum absolute atomic E-state index is 12.0. The average Bonchev–Trinajstić information content (AvgIpc) is 2.59. The van der Waals surface area contributed by atoms with Gasteiger partial charge < -0.3 is 14.6 Å². The smallest absolute Gasteiger partial charge is 0.273 e. The van der Waals surface area contributed by atoms with Crippen molar-refractivity contribution in [3.63, 3.8) is 0 Å². The van der Waals surface area contributed by atoms with Gasteiger partial charge in [-0.2, -0.15) is 0 Å². The Hall–Kier alpha value is -3.15. The molecule has 0 aliphatic rings. The minimum atomic E-state index is -0.475. The number of amides is 1. The first kappa shape index (κ1) is 16.2. The lowest BCUT2D eigenvalue weighted by molar-refractivity contribution is 0.0939. The Kier molecular flexibility index (Phi) is 5.09. The number of hydrazine groups is 1. The van der Waals surface area contributed by atoms with Crippen LogP contribution in [0.4, 0.5) is 0 Å². The third kappa shape index (κ3) is 3.74. The van der Waals surface area contributed by atoms with Gasteiger partial charge >= 0.3 is 0 Å². The van der Waals surface area contributed by atoms with Crippen molar-refractivity contribution < 1.29 is 19.4 Å². The van der Waals surface area contributed by atoms with Gasteiger partial charge in [-0.3, -0.25) is 15.6 Å². The van der Waals surface area contributed by atoms with Crippen LogP contribution in [0.1, 0.15) is 15.9 Å². The molecule has 0 spiro atoms. The first-order chi connectivity index (χ1) is 11.1. The van der Waals surface area contributed by atoms with Crippen LogP contribution in [-0.2, 0) is 0 Å². The minimum Gasteiger partial charge on any atom is -0.507 e. The van der Waals surface area contributed by atoms with Gasteiger partial charge in [0.1, 0.15) is 17.2 Å². The van der Waals surface area contributed by atoms with E-state index in [1.165, 1.54) is 19.2 Å². The maximum Gasteiger partial charge on any atom is 0.273 e. The number of nitrogens with one attached hydrogen (secondary N) is 2. The lowest BCUT2D eigenvalue weighted by Gasteiger charge is -2.15. The van der Waals surface area contributed by atoms with Crippen LogP contribution < -0.4 is 20.3 Å². The van der Waals surface area contributed by atoms with Crippen molar-refractivity contribution in [2.75, 3.05) is 14.2 Å². The van der Waals surface area contributed by atoms with E-state index in [0.717, 1.165) is 0 Å². The van der Waals surface area contributed by atoms with Crippen molar-refractivity contribution in [3.05, 3.63) is 60.2 Å². The Morgan fingerprint density at radius 2 is 1.78 bits per heavy atom. The molecule has 23 heavy (non-hydrogen) atoms. The molecular formula is C17H18N2O4. The van der Waals surface area contributed by atoms with Crippen LogP contribution in [0.5, 0.6) is 17.2 Å². The largest absolute Gasteiger partial charge is 0.507 e. The number of rotatable bonds is 6. The van der Waals surface area contributed by atoms with E-state index in [-0.39, 0.29) is 11.3 Å².